The molecule has 4 rings (SSSR count). The minimum atomic E-state index is -0.191. The van der Waals surface area contributed by atoms with Gasteiger partial charge in [-0.25, -0.2) is 0 Å². The zero-order chi connectivity index (χ0) is 28.0. The fraction of sp³-hybridized carbons (Fsp3) is 0.333. The number of aromatic hydroxyl groups is 1. The molecule has 1 atom stereocenters. The Labute approximate surface area is 238 Å². The SMILES string of the molecule is CC(C)(C)c1cc(C(CCc2ccccc2)O[Si]C(c2ccccc2)c2ccccc2)cc(C(C)(C)C)c1O. The summed E-state index contributed by atoms with van der Waals surface area (Å²) in [6, 6.07) is 36.4. The third-order valence-corrected chi connectivity index (χ3v) is 8.58. The van der Waals surface area contributed by atoms with Crippen LogP contribution in [0.15, 0.2) is 103 Å². The molecular formula is C36H42O2Si. The maximum absolute atomic E-state index is 11.4. The molecule has 0 fully saturated rings. The van der Waals surface area contributed by atoms with E-state index in [-0.39, 0.29) is 32.2 Å². The van der Waals surface area contributed by atoms with Crippen molar-refractivity contribution in [2.75, 3.05) is 0 Å². The lowest BCUT2D eigenvalue weighted by Gasteiger charge is -2.30. The van der Waals surface area contributed by atoms with Gasteiger partial charge in [0, 0.05) is 5.54 Å². The number of rotatable bonds is 9. The Kier molecular flexibility index (Phi) is 9.14. The van der Waals surface area contributed by atoms with Gasteiger partial charge in [-0.1, -0.05) is 133 Å². The maximum atomic E-state index is 11.4. The van der Waals surface area contributed by atoms with E-state index in [1.165, 1.54) is 16.7 Å². The van der Waals surface area contributed by atoms with Crippen molar-refractivity contribution in [2.45, 2.75) is 76.9 Å². The second-order valence-corrected chi connectivity index (χ2v) is 13.5. The molecule has 202 valence electrons. The summed E-state index contributed by atoms with van der Waals surface area (Å²) in [5, 5.41) is 11.4. The van der Waals surface area contributed by atoms with E-state index in [1.807, 2.05) is 0 Å². The highest BCUT2D eigenvalue weighted by Gasteiger charge is 2.29. The van der Waals surface area contributed by atoms with Crippen LogP contribution in [0.1, 0.15) is 93.0 Å². The van der Waals surface area contributed by atoms with Gasteiger partial charge in [0.2, 0.25) is 9.76 Å². The summed E-state index contributed by atoms with van der Waals surface area (Å²) < 4.78 is 6.94. The van der Waals surface area contributed by atoms with Gasteiger partial charge in [0.25, 0.3) is 0 Å². The molecule has 0 aliphatic heterocycles. The second-order valence-electron chi connectivity index (χ2n) is 12.5. The highest BCUT2D eigenvalue weighted by Crippen LogP contribution is 2.42. The molecule has 0 spiro atoms. The summed E-state index contributed by atoms with van der Waals surface area (Å²) in [4.78, 5) is 0. The highest BCUT2D eigenvalue weighted by molar-refractivity contribution is 6.31. The van der Waals surface area contributed by atoms with Gasteiger partial charge in [0.1, 0.15) is 5.75 Å². The molecular weight excluding hydrogens is 492 g/mol. The van der Waals surface area contributed by atoms with Crippen molar-refractivity contribution in [1.29, 1.82) is 0 Å². The number of phenols is 1. The maximum Gasteiger partial charge on any atom is 0.243 e. The van der Waals surface area contributed by atoms with Crippen LogP contribution in [-0.2, 0) is 21.7 Å². The molecule has 4 aromatic rings. The molecule has 0 saturated carbocycles. The predicted octanol–water partition coefficient (Wildman–Crippen LogP) is 9.09. The molecule has 0 aliphatic rings. The molecule has 2 radical (unpaired) electrons. The molecule has 0 heterocycles. The van der Waals surface area contributed by atoms with Gasteiger partial charge in [-0.2, -0.15) is 0 Å². The average molecular weight is 535 g/mol. The summed E-state index contributed by atoms with van der Waals surface area (Å²) >= 11 is 0. The lowest BCUT2D eigenvalue weighted by molar-refractivity contribution is 0.202. The summed E-state index contributed by atoms with van der Waals surface area (Å²) in [5.74, 6) is 0.412. The normalized spacial score (nSPS) is 13.0. The van der Waals surface area contributed by atoms with Crippen molar-refractivity contribution in [3.63, 3.8) is 0 Å². The molecule has 39 heavy (non-hydrogen) atoms. The van der Waals surface area contributed by atoms with Crippen LogP contribution >= 0.6 is 0 Å². The number of benzene rings is 4. The standard InChI is InChI=1S/C36H42O2Si/c1-35(2,3)30-24-29(25-31(33(30)37)36(4,5)6)32(23-22-26-16-10-7-11-17-26)38-39-34(27-18-12-8-13-19-27)28-20-14-9-15-21-28/h7-21,24-25,32,34,37H,22-23H2,1-6H3. The third kappa shape index (κ3) is 7.50. The van der Waals surface area contributed by atoms with Gasteiger partial charge >= 0.3 is 0 Å². The lowest BCUT2D eigenvalue weighted by atomic mass is 9.77. The van der Waals surface area contributed by atoms with Crippen LogP contribution in [0.3, 0.4) is 0 Å². The molecule has 3 heteroatoms. The summed E-state index contributed by atoms with van der Waals surface area (Å²) in [6.45, 7) is 13.0. The zero-order valence-corrected chi connectivity index (χ0v) is 25.2. The fourth-order valence-corrected chi connectivity index (χ4v) is 6.20. The van der Waals surface area contributed by atoms with E-state index in [0.717, 1.165) is 29.5 Å². The fourth-order valence-electron chi connectivity index (χ4n) is 4.99. The first-order valence-electron chi connectivity index (χ1n) is 14.0. The van der Waals surface area contributed by atoms with Crippen molar-refractivity contribution in [2.24, 2.45) is 0 Å². The van der Waals surface area contributed by atoms with Crippen molar-refractivity contribution in [3.8, 4) is 5.75 Å². The number of hydrogen-bond acceptors (Lipinski definition) is 2. The molecule has 0 aromatic heterocycles. The Balaban J connectivity index is 1.74. The van der Waals surface area contributed by atoms with Gasteiger partial charge in [0.05, 0.1) is 6.10 Å². The quantitative estimate of drug-likeness (QED) is 0.217. The van der Waals surface area contributed by atoms with Gasteiger partial charge in [-0.3, -0.25) is 0 Å². The summed E-state index contributed by atoms with van der Waals surface area (Å²) in [5.41, 5.74) is 6.71. The topological polar surface area (TPSA) is 29.5 Å². The molecule has 0 saturated heterocycles. The van der Waals surface area contributed by atoms with E-state index in [2.05, 4.69) is 145 Å². The molecule has 1 N–H and O–H groups in total. The van der Waals surface area contributed by atoms with Crippen LogP contribution in [0.4, 0.5) is 0 Å². The Morgan fingerprint density at radius 3 is 1.51 bits per heavy atom. The van der Waals surface area contributed by atoms with E-state index in [4.69, 9.17) is 4.43 Å². The van der Waals surface area contributed by atoms with Gasteiger partial charge in [0.15, 0.2) is 0 Å². The van der Waals surface area contributed by atoms with Crippen LogP contribution < -0.4 is 0 Å². The number of phenolic OH excluding ortho intramolecular Hbond substituents is 1. The molecule has 4 aromatic carbocycles. The Morgan fingerprint density at radius 2 is 1.08 bits per heavy atom. The number of hydrogen-bond donors (Lipinski definition) is 1. The zero-order valence-electron chi connectivity index (χ0n) is 24.2. The van der Waals surface area contributed by atoms with Crippen LogP contribution in [0.2, 0.25) is 0 Å². The first kappa shape index (κ1) is 28.9. The number of aryl methyl sites for hydroxylation is 1. The van der Waals surface area contributed by atoms with Crippen molar-refractivity contribution in [1.82, 2.24) is 0 Å². The van der Waals surface area contributed by atoms with Crippen LogP contribution in [0.25, 0.3) is 0 Å². The lowest BCUT2D eigenvalue weighted by Crippen LogP contribution is -2.21. The minimum absolute atomic E-state index is 0.0961. The van der Waals surface area contributed by atoms with Gasteiger partial charge < -0.3 is 9.53 Å². The minimum Gasteiger partial charge on any atom is -0.507 e. The van der Waals surface area contributed by atoms with E-state index in [1.54, 1.807) is 0 Å². The first-order valence-corrected chi connectivity index (χ1v) is 15.0. The van der Waals surface area contributed by atoms with E-state index in [9.17, 15) is 5.11 Å². The first-order chi connectivity index (χ1) is 18.5. The summed E-state index contributed by atoms with van der Waals surface area (Å²) in [6.07, 6.45) is 1.69. The van der Waals surface area contributed by atoms with Crippen molar-refractivity contribution in [3.05, 3.63) is 137 Å². The molecule has 0 bridgehead atoms. The molecule has 2 nitrogen and oxygen atoms in total. The molecule has 0 amide bonds. The second kappa shape index (κ2) is 12.4. The van der Waals surface area contributed by atoms with E-state index in [0.29, 0.717) is 5.75 Å². The Morgan fingerprint density at radius 1 is 0.641 bits per heavy atom. The van der Waals surface area contributed by atoms with E-state index >= 15 is 0 Å². The van der Waals surface area contributed by atoms with Crippen LogP contribution in [0, 0.1) is 0 Å². The smallest absolute Gasteiger partial charge is 0.243 e. The highest BCUT2D eigenvalue weighted by atomic mass is 28.2. The molecule has 1 unspecified atom stereocenters. The monoisotopic (exact) mass is 534 g/mol. The Hall–Kier alpha value is -3.14. The predicted molar refractivity (Wildman–Crippen MR) is 165 cm³/mol. The Bertz CT molecular complexity index is 1250. The largest absolute Gasteiger partial charge is 0.507 e. The average Bonchev–Trinajstić information content (AvgIpc) is 2.91. The third-order valence-electron chi connectivity index (χ3n) is 7.25. The van der Waals surface area contributed by atoms with Crippen molar-refractivity contribution >= 4 is 9.76 Å². The van der Waals surface area contributed by atoms with Crippen molar-refractivity contribution < 1.29 is 9.53 Å². The van der Waals surface area contributed by atoms with Gasteiger partial charge in [-0.05, 0) is 69.2 Å². The van der Waals surface area contributed by atoms with Crippen LogP contribution in [-0.4, -0.2) is 14.9 Å². The van der Waals surface area contributed by atoms with E-state index < -0.39 is 0 Å². The van der Waals surface area contributed by atoms with Gasteiger partial charge in [-0.15, -0.1) is 0 Å². The molecule has 0 aliphatic carbocycles. The van der Waals surface area contributed by atoms with Crippen LogP contribution in [0.5, 0.6) is 5.75 Å². The summed E-state index contributed by atoms with van der Waals surface area (Å²) in [7, 11) is 0.253.